The monoisotopic (exact) mass is 443 g/mol. The van der Waals surface area contributed by atoms with Crippen molar-refractivity contribution in [2.45, 2.75) is 38.0 Å². The summed E-state index contributed by atoms with van der Waals surface area (Å²) in [6.45, 7) is 4.95. The Balaban J connectivity index is 1.47. The number of nitrogens with zero attached hydrogens (tertiary/aromatic N) is 4. The first-order valence-electron chi connectivity index (χ1n) is 9.99. The molecule has 30 heavy (non-hydrogen) atoms. The summed E-state index contributed by atoms with van der Waals surface area (Å²) >= 11 is 1.57. The Morgan fingerprint density at radius 3 is 2.73 bits per heavy atom. The van der Waals surface area contributed by atoms with Gasteiger partial charge in [0.25, 0.3) is 0 Å². The second kappa shape index (κ2) is 8.79. The first-order valence-corrected chi connectivity index (χ1v) is 12.2. The molecule has 1 aliphatic rings. The van der Waals surface area contributed by atoms with Crippen molar-refractivity contribution in [3.63, 3.8) is 0 Å². The lowest BCUT2D eigenvalue weighted by atomic mass is 9.94. The number of aromatic nitrogens is 3. The average molecular weight is 444 g/mol. The molecule has 0 radical (unpaired) electrons. The van der Waals surface area contributed by atoms with E-state index in [1.807, 2.05) is 32.2 Å². The molecule has 0 amide bonds. The number of hydrogen-bond acceptors (Lipinski definition) is 7. The van der Waals surface area contributed by atoms with Crippen molar-refractivity contribution in [3.05, 3.63) is 59.0 Å². The van der Waals surface area contributed by atoms with Crippen LogP contribution in [-0.4, -0.2) is 40.8 Å². The Labute approximate surface area is 181 Å². The molecule has 1 aliphatic heterocycles. The molecule has 1 atom stereocenters. The van der Waals surface area contributed by atoms with Gasteiger partial charge in [-0.15, -0.1) is 11.3 Å². The summed E-state index contributed by atoms with van der Waals surface area (Å²) in [6.07, 6.45) is 4.38. The van der Waals surface area contributed by atoms with Crippen molar-refractivity contribution in [1.82, 2.24) is 19.3 Å². The fourth-order valence-corrected chi connectivity index (χ4v) is 6.02. The van der Waals surface area contributed by atoms with Crippen LogP contribution in [0.2, 0.25) is 0 Å². The molecule has 3 heterocycles. The van der Waals surface area contributed by atoms with Crippen LogP contribution in [0.4, 0.5) is 10.9 Å². The van der Waals surface area contributed by atoms with Gasteiger partial charge in [-0.2, -0.15) is 4.31 Å². The fraction of sp³-hybridized carbons (Fsp3) is 0.381. The highest BCUT2D eigenvalue weighted by molar-refractivity contribution is 7.89. The summed E-state index contributed by atoms with van der Waals surface area (Å²) in [5.74, 6) is 1.63. The average Bonchev–Trinajstić information content (AvgIpc) is 3.13. The van der Waals surface area contributed by atoms with E-state index in [2.05, 4.69) is 20.3 Å². The predicted molar refractivity (Wildman–Crippen MR) is 119 cm³/mol. The van der Waals surface area contributed by atoms with Gasteiger partial charge < -0.3 is 5.32 Å². The van der Waals surface area contributed by atoms with Crippen molar-refractivity contribution >= 4 is 32.3 Å². The number of aryl methyl sites for hydroxylation is 2. The maximum absolute atomic E-state index is 13.0. The van der Waals surface area contributed by atoms with E-state index >= 15 is 0 Å². The summed E-state index contributed by atoms with van der Waals surface area (Å²) < 4.78 is 27.6. The molecule has 1 N–H and O–H groups in total. The van der Waals surface area contributed by atoms with Crippen molar-refractivity contribution in [3.8, 4) is 0 Å². The van der Waals surface area contributed by atoms with Gasteiger partial charge in [0.05, 0.1) is 4.90 Å². The van der Waals surface area contributed by atoms with Gasteiger partial charge in [-0.1, -0.05) is 18.2 Å². The van der Waals surface area contributed by atoms with Gasteiger partial charge in [0.2, 0.25) is 10.0 Å². The number of sulfonamides is 1. The Hall–Kier alpha value is -2.36. The standard InChI is InChI=1S/C21H25N5O2S2/c1-15-13-22-21(29-15)25-20-12-18(23-16(2)24-20)11-17-7-6-10-26(14-17)30(27,28)19-8-4-3-5-9-19/h3-5,8-9,12-13,17H,6-7,10-11,14H2,1-2H3,(H,22,23,24,25)/t17-/m1/s1. The van der Waals surface area contributed by atoms with Crippen LogP contribution in [0.1, 0.15) is 29.2 Å². The van der Waals surface area contributed by atoms with E-state index in [0.717, 1.165) is 40.8 Å². The van der Waals surface area contributed by atoms with Crippen LogP contribution < -0.4 is 5.32 Å². The third-order valence-electron chi connectivity index (χ3n) is 5.11. The zero-order valence-electron chi connectivity index (χ0n) is 17.1. The van der Waals surface area contributed by atoms with Gasteiger partial charge >= 0.3 is 0 Å². The van der Waals surface area contributed by atoms with Crippen LogP contribution in [-0.2, 0) is 16.4 Å². The molecule has 0 spiro atoms. The summed E-state index contributed by atoms with van der Waals surface area (Å²) in [6, 6.07) is 10.6. The topological polar surface area (TPSA) is 88.1 Å². The van der Waals surface area contributed by atoms with Gasteiger partial charge in [-0.3, -0.25) is 0 Å². The minimum absolute atomic E-state index is 0.224. The molecule has 3 aromatic rings. The molecule has 4 rings (SSSR count). The summed E-state index contributed by atoms with van der Waals surface area (Å²) in [5, 5.41) is 4.05. The Kier molecular flexibility index (Phi) is 6.12. The van der Waals surface area contributed by atoms with Crippen molar-refractivity contribution in [2.24, 2.45) is 5.92 Å². The maximum atomic E-state index is 13.0. The molecule has 0 bridgehead atoms. The number of nitrogens with one attached hydrogen (secondary N) is 1. The molecule has 1 fully saturated rings. The molecular formula is C21H25N5O2S2. The minimum Gasteiger partial charge on any atom is -0.316 e. The van der Waals surface area contributed by atoms with Crippen LogP contribution >= 0.6 is 11.3 Å². The normalized spacial score (nSPS) is 17.7. The van der Waals surface area contributed by atoms with Crippen molar-refractivity contribution < 1.29 is 8.42 Å². The third kappa shape index (κ3) is 4.85. The summed E-state index contributed by atoms with van der Waals surface area (Å²) in [5.41, 5.74) is 0.919. The van der Waals surface area contributed by atoms with Crippen LogP contribution in [0.25, 0.3) is 0 Å². The molecule has 1 saturated heterocycles. The second-order valence-corrected chi connectivity index (χ2v) is 10.8. The first-order chi connectivity index (χ1) is 14.4. The lowest BCUT2D eigenvalue weighted by Crippen LogP contribution is -2.40. The molecule has 2 aromatic heterocycles. The van der Waals surface area contributed by atoms with Gasteiger partial charge in [0, 0.05) is 35.9 Å². The van der Waals surface area contributed by atoms with E-state index < -0.39 is 10.0 Å². The molecule has 0 unspecified atom stereocenters. The fourth-order valence-electron chi connectivity index (χ4n) is 3.77. The Morgan fingerprint density at radius 2 is 2.00 bits per heavy atom. The van der Waals surface area contributed by atoms with Crippen LogP contribution in [0, 0.1) is 19.8 Å². The number of hydrogen-bond donors (Lipinski definition) is 1. The van der Waals surface area contributed by atoms with E-state index in [-0.39, 0.29) is 5.92 Å². The lowest BCUT2D eigenvalue weighted by Gasteiger charge is -2.32. The van der Waals surface area contributed by atoms with Gasteiger partial charge in [0.1, 0.15) is 11.6 Å². The predicted octanol–water partition coefficient (Wildman–Crippen LogP) is 3.94. The molecule has 7 nitrogen and oxygen atoms in total. The maximum Gasteiger partial charge on any atom is 0.243 e. The highest BCUT2D eigenvalue weighted by Gasteiger charge is 2.30. The smallest absolute Gasteiger partial charge is 0.243 e. The minimum atomic E-state index is -3.46. The van der Waals surface area contributed by atoms with E-state index in [0.29, 0.717) is 23.8 Å². The molecular weight excluding hydrogens is 418 g/mol. The largest absolute Gasteiger partial charge is 0.316 e. The van der Waals surface area contributed by atoms with Crippen molar-refractivity contribution in [1.29, 1.82) is 0 Å². The third-order valence-corrected chi connectivity index (χ3v) is 7.82. The molecule has 0 saturated carbocycles. The molecule has 9 heteroatoms. The number of rotatable bonds is 6. The zero-order valence-corrected chi connectivity index (χ0v) is 18.7. The Bertz CT molecular complexity index is 1120. The highest BCUT2D eigenvalue weighted by atomic mass is 32.2. The van der Waals surface area contributed by atoms with Gasteiger partial charge in [-0.25, -0.2) is 23.4 Å². The van der Waals surface area contributed by atoms with E-state index in [4.69, 9.17) is 0 Å². The first kappa shape index (κ1) is 20.9. The van der Waals surface area contributed by atoms with Gasteiger partial charge in [0.15, 0.2) is 5.13 Å². The van der Waals surface area contributed by atoms with Crippen molar-refractivity contribution in [2.75, 3.05) is 18.4 Å². The van der Waals surface area contributed by atoms with Crippen LogP contribution in [0.5, 0.6) is 0 Å². The summed E-state index contributed by atoms with van der Waals surface area (Å²) in [4.78, 5) is 14.9. The molecule has 1 aromatic carbocycles. The number of thiazole rings is 1. The summed E-state index contributed by atoms with van der Waals surface area (Å²) in [7, 11) is -3.46. The van der Waals surface area contributed by atoms with E-state index in [1.54, 1.807) is 39.9 Å². The SMILES string of the molecule is Cc1nc(C[C@H]2CCCN(S(=O)(=O)c3ccccc3)C2)cc(Nc2ncc(C)s2)n1. The van der Waals surface area contributed by atoms with E-state index in [9.17, 15) is 8.42 Å². The van der Waals surface area contributed by atoms with Gasteiger partial charge in [-0.05, 0) is 51.2 Å². The van der Waals surface area contributed by atoms with Crippen LogP contribution in [0.15, 0.2) is 47.5 Å². The van der Waals surface area contributed by atoms with E-state index in [1.165, 1.54) is 0 Å². The molecule has 158 valence electrons. The zero-order chi connectivity index (χ0) is 21.1. The van der Waals surface area contributed by atoms with Crippen LogP contribution in [0.3, 0.4) is 0 Å². The molecule has 0 aliphatic carbocycles. The number of anilines is 2. The quantitative estimate of drug-likeness (QED) is 0.621. The second-order valence-electron chi connectivity index (χ2n) is 7.58. The number of benzene rings is 1. The lowest BCUT2D eigenvalue weighted by molar-refractivity contribution is 0.264. The highest BCUT2D eigenvalue weighted by Crippen LogP contribution is 2.27. The number of piperidine rings is 1. The Morgan fingerprint density at radius 1 is 1.20 bits per heavy atom.